The summed E-state index contributed by atoms with van der Waals surface area (Å²) in [7, 11) is 0. The Balaban J connectivity index is 1.54. The van der Waals surface area contributed by atoms with Crippen LogP contribution in [0.1, 0.15) is 22.8 Å². The van der Waals surface area contributed by atoms with E-state index in [-0.39, 0.29) is 11.8 Å². The molecule has 0 bridgehead atoms. The molecule has 0 amide bonds. The Kier molecular flexibility index (Phi) is 3.95. The van der Waals surface area contributed by atoms with Crippen molar-refractivity contribution < 1.29 is 4.42 Å². The molecule has 2 aliphatic carbocycles. The van der Waals surface area contributed by atoms with Gasteiger partial charge in [-0.3, -0.25) is 0 Å². The van der Waals surface area contributed by atoms with Crippen molar-refractivity contribution in [2.24, 2.45) is 5.92 Å². The summed E-state index contributed by atoms with van der Waals surface area (Å²) in [6, 6.07) is 27.3. The number of hydrogen-bond donors (Lipinski definition) is 1. The predicted octanol–water partition coefficient (Wildman–Crippen LogP) is 7.56. The van der Waals surface area contributed by atoms with Gasteiger partial charge < -0.3 is 9.73 Å². The number of hydrogen-bond acceptors (Lipinski definition) is 2. The number of para-hydroxylation sites is 2. The first kappa shape index (κ1) is 17.1. The molecule has 0 spiro atoms. The molecule has 3 aromatic carbocycles. The summed E-state index contributed by atoms with van der Waals surface area (Å²) >= 11 is 0. The summed E-state index contributed by atoms with van der Waals surface area (Å²) in [4.78, 5) is 0. The maximum Gasteiger partial charge on any atom is 0.158 e. The molecule has 1 aromatic heterocycles. The van der Waals surface area contributed by atoms with Gasteiger partial charge in [0.2, 0.25) is 0 Å². The number of nitrogens with one attached hydrogen (secondary N) is 1. The van der Waals surface area contributed by atoms with Gasteiger partial charge in [-0.2, -0.15) is 0 Å². The second-order valence-electron chi connectivity index (χ2n) is 7.84. The first-order chi connectivity index (χ1) is 14.9. The molecule has 2 aliphatic rings. The Bertz CT molecular complexity index is 1310. The Morgan fingerprint density at radius 2 is 1.43 bits per heavy atom. The molecule has 30 heavy (non-hydrogen) atoms. The average Bonchev–Trinajstić information content (AvgIpc) is 3.20. The summed E-state index contributed by atoms with van der Waals surface area (Å²) in [5.41, 5.74) is 6.78. The van der Waals surface area contributed by atoms with Crippen LogP contribution in [0.5, 0.6) is 0 Å². The number of fused-ring (bicyclic) bond motifs is 5. The van der Waals surface area contributed by atoms with Crippen LogP contribution in [-0.4, -0.2) is 0 Å². The topological polar surface area (TPSA) is 25.2 Å². The first-order valence-corrected chi connectivity index (χ1v) is 10.4. The second-order valence-corrected chi connectivity index (χ2v) is 7.84. The van der Waals surface area contributed by atoms with E-state index < -0.39 is 0 Å². The van der Waals surface area contributed by atoms with Crippen LogP contribution in [0.3, 0.4) is 0 Å². The smallest absolute Gasteiger partial charge is 0.158 e. The molecule has 2 heteroatoms. The second kappa shape index (κ2) is 6.93. The minimum atomic E-state index is 0.210. The lowest BCUT2D eigenvalue weighted by Gasteiger charge is -2.29. The van der Waals surface area contributed by atoms with Gasteiger partial charge in [0.05, 0.1) is 5.69 Å². The van der Waals surface area contributed by atoms with E-state index in [1.165, 1.54) is 16.7 Å². The Morgan fingerprint density at radius 1 is 0.700 bits per heavy atom. The minimum absolute atomic E-state index is 0.210. The zero-order chi connectivity index (χ0) is 19.9. The number of benzene rings is 3. The van der Waals surface area contributed by atoms with E-state index in [2.05, 4.69) is 96.4 Å². The van der Waals surface area contributed by atoms with E-state index >= 15 is 0 Å². The molecular formula is C28H21NO. The Hall–Kier alpha value is -3.78. The Labute approximate surface area is 175 Å². The van der Waals surface area contributed by atoms with Crippen molar-refractivity contribution in [1.82, 2.24) is 0 Å². The van der Waals surface area contributed by atoms with Gasteiger partial charge in [0.15, 0.2) is 5.58 Å². The van der Waals surface area contributed by atoms with E-state index in [0.717, 1.165) is 28.1 Å². The van der Waals surface area contributed by atoms with Crippen LogP contribution in [0.4, 0.5) is 11.4 Å². The molecule has 6 rings (SSSR count). The first-order valence-electron chi connectivity index (χ1n) is 10.4. The number of allylic oxidation sites excluding steroid dienone is 5. The average molecular weight is 387 g/mol. The van der Waals surface area contributed by atoms with Crippen molar-refractivity contribution in [3.05, 3.63) is 120 Å². The standard InChI is InChI=1S/C28H21NO/c1-3-10-19(11-4-1)24-18-25-23-16-9-17-26(29-20-12-5-2-6-13-20)28(23)30-27(25)22-15-8-7-14-21(22)24/h1-18,21-22,29H. The highest BCUT2D eigenvalue weighted by molar-refractivity contribution is 6.02. The summed E-state index contributed by atoms with van der Waals surface area (Å²) in [6.07, 6.45) is 11.2. The normalized spacial score (nSPS) is 19.3. The number of anilines is 2. The molecule has 0 fully saturated rings. The van der Waals surface area contributed by atoms with Crippen LogP contribution in [0.15, 0.2) is 108 Å². The van der Waals surface area contributed by atoms with Crippen LogP contribution < -0.4 is 5.32 Å². The summed E-state index contributed by atoms with van der Waals surface area (Å²) in [5, 5.41) is 4.68. The molecule has 0 radical (unpaired) electrons. The van der Waals surface area contributed by atoms with Crippen molar-refractivity contribution in [3.63, 3.8) is 0 Å². The van der Waals surface area contributed by atoms with Gasteiger partial charge in [-0.05, 0) is 35.4 Å². The highest BCUT2D eigenvalue weighted by Crippen LogP contribution is 2.49. The van der Waals surface area contributed by atoms with Crippen LogP contribution in [0, 0.1) is 5.92 Å². The minimum Gasteiger partial charge on any atom is -0.458 e. The van der Waals surface area contributed by atoms with Crippen LogP contribution in [-0.2, 0) is 0 Å². The highest BCUT2D eigenvalue weighted by Gasteiger charge is 2.34. The van der Waals surface area contributed by atoms with Crippen molar-refractivity contribution in [2.45, 2.75) is 5.92 Å². The summed E-state index contributed by atoms with van der Waals surface area (Å²) in [5.74, 6) is 1.55. The van der Waals surface area contributed by atoms with E-state index in [4.69, 9.17) is 4.42 Å². The van der Waals surface area contributed by atoms with Crippen molar-refractivity contribution in [2.75, 3.05) is 5.32 Å². The summed E-state index contributed by atoms with van der Waals surface area (Å²) in [6.45, 7) is 0. The lowest BCUT2D eigenvalue weighted by molar-refractivity contribution is 0.497. The lowest BCUT2D eigenvalue weighted by atomic mass is 9.73. The van der Waals surface area contributed by atoms with Gasteiger partial charge in [0.25, 0.3) is 0 Å². The molecule has 0 aliphatic heterocycles. The van der Waals surface area contributed by atoms with Crippen molar-refractivity contribution in [3.8, 4) is 0 Å². The molecule has 0 saturated heterocycles. The monoisotopic (exact) mass is 387 g/mol. The van der Waals surface area contributed by atoms with Gasteiger partial charge in [-0.15, -0.1) is 0 Å². The maximum absolute atomic E-state index is 6.56. The molecule has 1 heterocycles. The zero-order valence-electron chi connectivity index (χ0n) is 16.5. The van der Waals surface area contributed by atoms with Gasteiger partial charge in [-0.1, -0.05) is 85.0 Å². The van der Waals surface area contributed by atoms with Crippen molar-refractivity contribution in [1.29, 1.82) is 0 Å². The quantitative estimate of drug-likeness (QED) is 0.392. The van der Waals surface area contributed by atoms with Crippen LogP contribution in [0.2, 0.25) is 0 Å². The highest BCUT2D eigenvalue weighted by atomic mass is 16.3. The largest absolute Gasteiger partial charge is 0.458 e. The molecule has 2 nitrogen and oxygen atoms in total. The number of rotatable bonds is 3. The predicted molar refractivity (Wildman–Crippen MR) is 125 cm³/mol. The lowest BCUT2D eigenvalue weighted by Crippen LogP contribution is -2.16. The van der Waals surface area contributed by atoms with Gasteiger partial charge in [0.1, 0.15) is 5.76 Å². The van der Waals surface area contributed by atoms with Crippen LogP contribution >= 0.6 is 0 Å². The van der Waals surface area contributed by atoms with E-state index in [1.807, 2.05) is 18.2 Å². The molecule has 4 aromatic rings. The SMILES string of the molecule is C1=CC2C(c3ccccc3)=Cc3c(oc4c(Nc5ccccc5)cccc34)C2C=C1. The third-order valence-electron chi connectivity index (χ3n) is 6.04. The van der Waals surface area contributed by atoms with Gasteiger partial charge >= 0.3 is 0 Å². The van der Waals surface area contributed by atoms with E-state index in [9.17, 15) is 0 Å². The fraction of sp³-hybridized carbons (Fsp3) is 0.0714. The van der Waals surface area contributed by atoms with E-state index in [1.54, 1.807) is 0 Å². The molecule has 1 N–H and O–H groups in total. The van der Waals surface area contributed by atoms with Gasteiger partial charge in [0, 0.05) is 28.5 Å². The zero-order valence-corrected chi connectivity index (χ0v) is 16.5. The van der Waals surface area contributed by atoms with E-state index in [0.29, 0.717) is 0 Å². The van der Waals surface area contributed by atoms with Crippen molar-refractivity contribution >= 4 is 34.0 Å². The summed E-state index contributed by atoms with van der Waals surface area (Å²) < 4.78 is 6.56. The van der Waals surface area contributed by atoms with Gasteiger partial charge in [-0.25, -0.2) is 0 Å². The molecule has 2 unspecified atom stereocenters. The Morgan fingerprint density at radius 3 is 2.23 bits per heavy atom. The molecule has 0 saturated carbocycles. The molecular weight excluding hydrogens is 366 g/mol. The third kappa shape index (κ3) is 2.73. The third-order valence-corrected chi connectivity index (χ3v) is 6.04. The molecule has 2 atom stereocenters. The van der Waals surface area contributed by atoms with Crippen LogP contribution in [0.25, 0.3) is 22.6 Å². The fourth-order valence-corrected chi connectivity index (χ4v) is 4.64. The molecule has 144 valence electrons. The number of furan rings is 1. The fourth-order valence-electron chi connectivity index (χ4n) is 4.64. The maximum atomic E-state index is 6.56.